The molecule has 0 saturated carbocycles. The van der Waals surface area contributed by atoms with Gasteiger partial charge in [-0.3, -0.25) is 0 Å². The van der Waals surface area contributed by atoms with Crippen molar-refractivity contribution in [1.29, 1.82) is 5.26 Å². The van der Waals surface area contributed by atoms with E-state index < -0.39 is 0 Å². The number of aliphatic hydroxyl groups excluding tert-OH is 1. The third kappa shape index (κ3) is 3.05. The highest BCUT2D eigenvalue weighted by molar-refractivity contribution is 7.99. The van der Waals surface area contributed by atoms with Crippen molar-refractivity contribution in [3.8, 4) is 6.07 Å². The van der Waals surface area contributed by atoms with Crippen LogP contribution in [0, 0.1) is 11.3 Å². The van der Waals surface area contributed by atoms with Crippen LogP contribution < -0.4 is 4.90 Å². The smallest absolute Gasteiger partial charge is 0.103 e. The van der Waals surface area contributed by atoms with Gasteiger partial charge in [-0.15, -0.1) is 11.8 Å². The van der Waals surface area contributed by atoms with E-state index in [0.29, 0.717) is 0 Å². The molecule has 1 aromatic rings. The molecular weight excluding hydrogens is 256 g/mol. The minimum absolute atomic E-state index is 0.155. The number of anilines is 1. The van der Waals surface area contributed by atoms with E-state index in [1.807, 2.05) is 18.2 Å². The lowest BCUT2D eigenvalue weighted by atomic mass is 10.0. The van der Waals surface area contributed by atoms with Crippen molar-refractivity contribution < 1.29 is 5.11 Å². The molecule has 4 heteroatoms. The van der Waals surface area contributed by atoms with Crippen LogP contribution in [0.4, 0.5) is 5.69 Å². The average molecular weight is 276 g/mol. The van der Waals surface area contributed by atoms with Gasteiger partial charge in [-0.25, -0.2) is 0 Å². The van der Waals surface area contributed by atoms with Crippen molar-refractivity contribution in [2.75, 3.05) is 23.8 Å². The summed E-state index contributed by atoms with van der Waals surface area (Å²) in [5.41, 5.74) is 1.74. The fourth-order valence-electron chi connectivity index (χ4n) is 2.65. The van der Waals surface area contributed by atoms with Gasteiger partial charge in [0.25, 0.3) is 0 Å². The third-order valence-electron chi connectivity index (χ3n) is 3.56. The van der Waals surface area contributed by atoms with Gasteiger partial charge in [0.15, 0.2) is 0 Å². The second-order valence-electron chi connectivity index (χ2n) is 4.72. The zero-order valence-corrected chi connectivity index (χ0v) is 12.1. The van der Waals surface area contributed by atoms with Crippen LogP contribution in [0.1, 0.15) is 31.7 Å². The van der Waals surface area contributed by atoms with Gasteiger partial charge in [-0.1, -0.05) is 13.0 Å². The second kappa shape index (κ2) is 6.83. The Labute approximate surface area is 119 Å². The lowest BCUT2D eigenvalue weighted by Gasteiger charge is -2.37. The number of hydrogen-bond donors (Lipinski definition) is 1. The Morgan fingerprint density at radius 3 is 3.00 bits per heavy atom. The number of nitriles is 1. The molecule has 1 N–H and O–H groups in total. The van der Waals surface area contributed by atoms with Gasteiger partial charge < -0.3 is 10.0 Å². The number of rotatable bonds is 4. The third-order valence-corrected chi connectivity index (χ3v) is 4.50. The van der Waals surface area contributed by atoms with E-state index in [4.69, 9.17) is 0 Å². The lowest BCUT2D eigenvalue weighted by Crippen LogP contribution is -2.42. The Morgan fingerprint density at radius 1 is 1.47 bits per heavy atom. The standard InChI is InChI=1S/C15H20N2OS/c1-2-19-15-8-5-7-14(13(15)10-16)17-9-4-3-6-12(17)11-18/h5,7-8,12,18H,2-4,6,9,11H2,1H3. The molecule has 19 heavy (non-hydrogen) atoms. The first kappa shape index (κ1) is 14.2. The van der Waals surface area contributed by atoms with E-state index in [2.05, 4.69) is 17.9 Å². The summed E-state index contributed by atoms with van der Waals surface area (Å²) in [4.78, 5) is 3.26. The first-order valence-electron chi connectivity index (χ1n) is 6.85. The zero-order chi connectivity index (χ0) is 13.7. The second-order valence-corrected chi connectivity index (χ2v) is 6.03. The topological polar surface area (TPSA) is 47.3 Å². The van der Waals surface area contributed by atoms with Gasteiger partial charge in [0.2, 0.25) is 0 Å². The van der Waals surface area contributed by atoms with E-state index in [1.165, 1.54) is 0 Å². The fraction of sp³-hybridized carbons (Fsp3) is 0.533. The Balaban J connectivity index is 2.37. The van der Waals surface area contributed by atoms with Crippen LogP contribution in [0.15, 0.2) is 23.1 Å². The Hall–Kier alpha value is -1.18. The minimum Gasteiger partial charge on any atom is -0.394 e. The van der Waals surface area contributed by atoms with Gasteiger partial charge >= 0.3 is 0 Å². The number of hydrogen-bond acceptors (Lipinski definition) is 4. The van der Waals surface area contributed by atoms with Crippen molar-refractivity contribution in [3.63, 3.8) is 0 Å². The number of benzene rings is 1. The first-order valence-corrected chi connectivity index (χ1v) is 7.83. The molecular formula is C15H20N2OS. The molecule has 3 nitrogen and oxygen atoms in total. The fourth-order valence-corrected chi connectivity index (χ4v) is 3.43. The first-order chi connectivity index (χ1) is 9.31. The van der Waals surface area contributed by atoms with Crippen molar-refractivity contribution in [1.82, 2.24) is 0 Å². The molecule has 1 aliphatic heterocycles. The van der Waals surface area contributed by atoms with Crippen molar-refractivity contribution >= 4 is 17.4 Å². The number of thioether (sulfide) groups is 1. The van der Waals surface area contributed by atoms with E-state index in [0.717, 1.165) is 47.7 Å². The number of aliphatic hydroxyl groups is 1. The van der Waals surface area contributed by atoms with Crippen molar-refractivity contribution in [2.45, 2.75) is 37.1 Å². The molecule has 1 fully saturated rings. The van der Waals surface area contributed by atoms with Crippen LogP contribution >= 0.6 is 11.8 Å². The summed E-state index contributed by atoms with van der Waals surface area (Å²) in [5.74, 6) is 0.960. The molecule has 1 saturated heterocycles. The Bertz CT molecular complexity index is 470. The van der Waals surface area contributed by atoms with Crippen molar-refractivity contribution in [3.05, 3.63) is 23.8 Å². The van der Waals surface area contributed by atoms with E-state index in [-0.39, 0.29) is 12.6 Å². The van der Waals surface area contributed by atoms with E-state index >= 15 is 0 Å². The van der Waals surface area contributed by atoms with Gasteiger partial charge in [-0.2, -0.15) is 5.26 Å². The normalized spacial score (nSPS) is 19.2. The predicted octanol–water partition coefficient (Wildman–Crippen LogP) is 3.02. The van der Waals surface area contributed by atoms with Crippen LogP contribution in [-0.2, 0) is 0 Å². The largest absolute Gasteiger partial charge is 0.394 e. The average Bonchev–Trinajstić information content (AvgIpc) is 2.47. The molecule has 0 radical (unpaired) electrons. The van der Waals surface area contributed by atoms with Gasteiger partial charge in [0.1, 0.15) is 6.07 Å². The molecule has 0 spiro atoms. The molecule has 0 aliphatic carbocycles. The molecule has 0 amide bonds. The SMILES string of the molecule is CCSc1cccc(N2CCCCC2CO)c1C#N. The molecule has 1 heterocycles. The van der Waals surface area contributed by atoms with Crippen LogP contribution in [0.5, 0.6) is 0 Å². The van der Waals surface area contributed by atoms with Gasteiger partial charge in [0, 0.05) is 11.4 Å². The van der Waals surface area contributed by atoms with Gasteiger partial charge in [-0.05, 0) is 37.1 Å². The molecule has 0 aromatic heterocycles. The van der Waals surface area contributed by atoms with Gasteiger partial charge in [0.05, 0.1) is 23.9 Å². The quantitative estimate of drug-likeness (QED) is 0.859. The lowest BCUT2D eigenvalue weighted by molar-refractivity contribution is 0.240. The molecule has 2 rings (SSSR count). The monoisotopic (exact) mass is 276 g/mol. The number of piperidine rings is 1. The summed E-state index contributed by atoms with van der Waals surface area (Å²) >= 11 is 1.70. The van der Waals surface area contributed by atoms with Crippen LogP contribution in [0.3, 0.4) is 0 Å². The minimum atomic E-state index is 0.155. The van der Waals surface area contributed by atoms with Crippen molar-refractivity contribution in [2.24, 2.45) is 0 Å². The zero-order valence-electron chi connectivity index (χ0n) is 11.3. The molecule has 102 valence electrons. The van der Waals surface area contributed by atoms with E-state index in [1.54, 1.807) is 11.8 Å². The predicted molar refractivity (Wildman–Crippen MR) is 79.6 cm³/mol. The molecule has 0 bridgehead atoms. The maximum Gasteiger partial charge on any atom is 0.103 e. The summed E-state index contributed by atoms with van der Waals surface area (Å²) in [6, 6.07) is 8.53. The maximum absolute atomic E-state index is 9.53. The highest BCUT2D eigenvalue weighted by Gasteiger charge is 2.24. The summed E-state index contributed by atoms with van der Waals surface area (Å²) in [7, 11) is 0. The number of nitrogens with zero attached hydrogens (tertiary/aromatic N) is 2. The maximum atomic E-state index is 9.53. The molecule has 1 aromatic carbocycles. The highest BCUT2D eigenvalue weighted by Crippen LogP contribution is 2.33. The van der Waals surface area contributed by atoms with E-state index in [9.17, 15) is 10.4 Å². The summed E-state index contributed by atoms with van der Waals surface area (Å²) in [6.45, 7) is 3.19. The molecule has 1 aliphatic rings. The van der Waals surface area contributed by atoms with Crippen LogP contribution in [0.2, 0.25) is 0 Å². The van der Waals surface area contributed by atoms with Crippen LogP contribution in [0.25, 0.3) is 0 Å². The molecule has 1 unspecified atom stereocenters. The Morgan fingerprint density at radius 2 is 2.32 bits per heavy atom. The summed E-state index contributed by atoms with van der Waals surface area (Å²) in [5, 5.41) is 19.0. The molecule has 1 atom stereocenters. The summed E-state index contributed by atoms with van der Waals surface area (Å²) in [6.07, 6.45) is 3.30. The van der Waals surface area contributed by atoms with Crippen LogP contribution in [-0.4, -0.2) is 30.1 Å². The highest BCUT2D eigenvalue weighted by atomic mass is 32.2. The Kier molecular flexibility index (Phi) is 5.12. The summed E-state index contributed by atoms with van der Waals surface area (Å²) < 4.78 is 0.